The number of benzene rings is 1. The third kappa shape index (κ3) is 3.62. The van der Waals surface area contributed by atoms with E-state index in [-0.39, 0.29) is 16.0 Å². The van der Waals surface area contributed by atoms with Gasteiger partial charge < -0.3 is 21.0 Å². The molecular weight excluding hydrogens is 298 g/mol. The molecule has 0 aliphatic rings. The highest BCUT2D eigenvalue weighted by atomic mass is 32.2. The van der Waals surface area contributed by atoms with Crippen LogP contribution in [0.3, 0.4) is 0 Å². The highest BCUT2D eigenvalue weighted by molar-refractivity contribution is 7.94. The van der Waals surface area contributed by atoms with E-state index >= 15 is 0 Å². The predicted molar refractivity (Wildman–Crippen MR) is 79.1 cm³/mol. The van der Waals surface area contributed by atoms with Crippen molar-refractivity contribution in [2.45, 2.75) is 4.90 Å². The lowest BCUT2D eigenvalue weighted by molar-refractivity contribution is 0.603. The smallest absolute Gasteiger partial charge is 0.229 e. The summed E-state index contributed by atoms with van der Waals surface area (Å²) < 4.78 is 27.6. The topological polar surface area (TPSA) is 112 Å². The highest BCUT2D eigenvalue weighted by Crippen LogP contribution is 2.24. The number of aromatic nitrogens is 2. The van der Waals surface area contributed by atoms with E-state index in [0.717, 1.165) is 0 Å². The van der Waals surface area contributed by atoms with Gasteiger partial charge in [-0.2, -0.15) is 0 Å². The molecule has 7 nitrogen and oxygen atoms in total. The van der Waals surface area contributed by atoms with Crippen LogP contribution in [-0.4, -0.2) is 23.5 Å². The van der Waals surface area contributed by atoms with Crippen LogP contribution in [0.15, 0.2) is 47.6 Å². The maximum atomic E-state index is 12.0. The molecule has 1 aromatic heterocycles. The van der Waals surface area contributed by atoms with Gasteiger partial charge in [0.1, 0.15) is 0 Å². The number of nitrogens with zero attached hydrogens (tertiary/aromatic N) is 3. The molecular formula is C11H10N5O2S2-. The summed E-state index contributed by atoms with van der Waals surface area (Å²) in [5.41, 5.74) is 5.91. The molecule has 0 bridgehead atoms. The number of nitrogens with two attached hydrogens (primary N) is 1. The number of nitrogens with one attached hydrogen (secondary N) is 1. The number of thiocarbonyl (C=S) groups is 1. The molecule has 0 fully saturated rings. The van der Waals surface area contributed by atoms with E-state index in [1.54, 1.807) is 6.07 Å². The zero-order valence-corrected chi connectivity index (χ0v) is 11.7. The van der Waals surface area contributed by atoms with Gasteiger partial charge in [-0.15, -0.1) is 0 Å². The summed E-state index contributed by atoms with van der Waals surface area (Å²) >= 11 is 4.68. The maximum Gasteiger partial charge on any atom is 0.229 e. The Kier molecular flexibility index (Phi) is 4.11. The van der Waals surface area contributed by atoms with Crippen molar-refractivity contribution in [1.29, 1.82) is 0 Å². The first-order valence-corrected chi connectivity index (χ1v) is 7.24. The zero-order chi connectivity index (χ0) is 14.6. The molecule has 0 aliphatic heterocycles. The molecule has 20 heavy (non-hydrogen) atoms. The van der Waals surface area contributed by atoms with Crippen LogP contribution < -0.4 is 11.1 Å². The molecule has 0 saturated carbocycles. The van der Waals surface area contributed by atoms with Crippen molar-refractivity contribution in [2.75, 3.05) is 5.32 Å². The minimum atomic E-state index is -3.85. The fourth-order valence-corrected chi connectivity index (χ4v) is 2.36. The Morgan fingerprint density at radius 1 is 1.20 bits per heavy atom. The molecule has 0 radical (unpaired) electrons. The minimum Gasteiger partial charge on any atom is -0.376 e. The molecule has 1 aromatic carbocycles. The van der Waals surface area contributed by atoms with E-state index in [2.05, 4.69) is 32.2 Å². The first-order chi connectivity index (χ1) is 9.47. The van der Waals surface area contributed by atoms with E-state index in [1.807, 2.05) is 0 Å². The number of hydrogen-bond acceptors (Lipinski definition) is 5. The summed E-state index contributed by atoms with van der Waals surface area (Å²) in [6.45, 7) is 0. The van der Waals surface area contributed by atoms with Crippen molar-refractivity contribution in [2.24, 2.45) is 5.73 Å². The van der Waals surface area contributed by atoms with E-state index in [0.29, 0.717) is 5.69 Å². The van der Waals surface area contributed by atoms with Crippen molar-refractivity contribution < 1.29 is 8.42 Å². The molecule has 0 amide bonds. The fraction of sp³-hybridized carbons (Fsp3) is 0. The average molecular weight is 308 g/mol. The lowest BCUT2D eigenvalue weighted by Crippen LogP contribution is -2.18. The lowest BCUT2D eigenvalue weighted by atomic mass is 10.3. The zero-order valence-electron chi connectivity index (χ0n) is 10.1. The summed E-state index contributed by atoms with van der Waals surface area (Å²) in [5.74, 6) is -0.113. The molecule has 1 heterocycles. The van der Waals surface area contributed by atoms with Crippen LogP contribution in [0.4, 0.5) is 11.6 Å². The van der Waals surface area contributed by atoms with Crippen LogP contribution in [0.2, 0.25) is 0 Å². The Labute approximate surface area is 121 Å². The predicted octanol–water partition coefficient (Wildman–Crippen LogP) is 1.53. The standard InChI is InChI=1S/C11H11N5O2S2/c12-10(19)15-8-2-4-9(5-3-8)20(17,18)16-11-13-6-1-7-14-11/h1-7H,(H4,12,13,14,15,16,19)/p-1. The second-order valence-electron chi connectivity index (χ2n) is 3.63. The Bertz CT molecular complexity index is 701. The third-order valence-electron chi connectivity index (χ3n) is 2.17. The summed E-state index contributed by atoms with van der Waals surface area (Å²) in [6, 6.07) is 7.42. The van der Waals surface area contributed by atoms with Crippen LogP contribution >= 0.6 is 12.2 Å². The molecule has 9 heteroatoms. The Balaban J connectivity index is 2.19. The normalized spacial score (nSPS) is 10.8. The van der Waals surface area contributed by atoms with E-state index in [4.69, 9.17) is 5.73 Å². The molecule has 0 spiro atoms. The van der Waals surface area contributed by atoms with Gasteiger partial charge in [0, 0.05) is 11.6 Å². The molecule has 104 valence electrons. The summed E-state index contributed by atoms with van der Waals surface area (Å²) in [5, 5.41) is 2.79. The van der Waals surface area contributed by atoms with Gasteiger partial charge in [-0.25, -0.2) is 8.42 Å². The molecule has 0 unspecified atom stereocenters. The maximum absolute atomic E-state index is 12.0. The van der Waals surface area contributed by atoms with Gasteiger partial charge in [0.2, 0.25) is 10.0 Å². The third-order valence-corrected chi connectivity index (χ3v) is 3.55. The van der Waals surface area contributed by atoms with Crippen molar-refractivity contribution in [3.05, 3.63) is 47.4 Å². The van der Waals surface area contributed by atoms with E-state index < -0.39 is 10.0 Å². The minimum absolute atomic E-state index is 0.0263. The lowest BCUT2D eigenvalue weighted by Gasteiger charge is -2.12. The molecule has 0 atom stereocenters. The van der Waals surface area contributed by atoms with Gasteiger partial charge in [-0.1, -0.05) is 6.07 Å². The van der Waals surface area contributed by atoms with Crippen molar-refractivity contribution in [3.63, 3.8) is 0 Å². The molecule has 2 rings (SSSR count). The monoisotopic (exact) mass is 308 g/mol. The van der Waals surface area contributed by atoms with Crippen LogP contribution in [0.5, 0.6) is 0 Å². The summed E-state index contributed by atoms with van der Waals surface area (Å²) in [7, 11) is -3.85. The van der Waals surface area contributed by atoms with Crippen LogP contribution in [0.1, 0.15) is 0 Å². The van der Waals surface area contributed by atoms with Crippen LogP contribution in [0, 0.1) is 0 Å². The Morgan fingerprint density at radius 3 is 2.35 bits per heavy atom. The molecule has 3 N–H and O–H groups in total. The Hall–Kier alpha value is -2.26. The van der Waals surface area contributed by atoms with Crippen LogP contribution in [-0.2, 0) is 10.0 Å². The van der Waals surface area contributed by atoms with E-state index in [9.17, 15) is 8.42 Å². The quantitative estimate of drug-likeness (QED) is 0.823. The fourth-order valence-electron chi connectivity index (χ4n) is 1.35. The summed E-state index contributed by atoms with van der Waals surface area (Å²) in [6.07, 6.45) is 2.83. The van der Waals surface area contributed by atoms with Crippen LogP contribution in [0.25, 0.3) is 4.72 Å². The second kappa shape index (κ2) is 5.80. The average Bonchev–Trinajstić information content (AvgIpc) is 2.39. The van der Waals surface area contributed by atoms with Crippen molar-refractivity contribution in [1.82, 2.24) is 9.97 Å². The number of sulfonamides is 1. The summed E-state index contributed by atoms with van der Waals surface area (Å²) in [4.78, 5) is 7.51. The van der Waals surface area contributed by atoms with Gasteiger partial charge in [0.15, 0.2) is 5.11 Å². The first-order valence-electron chi connectivity index (χ1n) is 5.39. The molecule has 0 saturated heterocycles. The largest absolute Gasteiger partial charge is 0.376 e. The SMILES string of the molecule is NC(=S)Nc1ccc(S(=O)(=O)[N-]c2ncccn2)cc1. The Morgan fingerprint density at radius 2 is 1.80 bits per heavy atom. The van der Waals surface area contributed by atoms with Gasteiger partial charge in [-0.05, 0) is 48.9 Å². The van der Waals surface area contributed by atoms with Crippen molar-refractivity contribution in [3.8, 4) is 0 Å². The van der Waals surface area contributed by atoms with Crippen molar-refractivity contribution >= 4 is 39.0 Å². The van der Waals surface area contributed by atoms with Gasteiger partial charge >= 0.3 is 0 Å². The first kappa shape index (κ1) is 14.2. The highest BCUT2D eigenvalue weighted by Gasteiger charge is 2.11. The number of hydrogen-bond donors (Lipinski definition) is 2. The van der Waals surface area contributed by atoms with E-state index in [1.165, 1.54) is 36.7 Å². The van der Waals surface area contributed by atoms with Gasteiger partial charge in [-0.3, -0.25) is 4.72 Å². The second-order valence-corrected chi connectivity index (χ2v) is 5.67. The number of rotatable bonds is 4. The number of anilines is 1. The molecule has 0 aliphatic carbocycles. The van der Waals surface area contributed by atoms with Gasteiger partial charge in [0.05, 0.1) is 4.90 Å². The molecule has 2 aromatic rings. The van der Waals surface area contributed by atoms with Gasteiger partial charge in [0.25, 0.3) is 0 Å².